The molecule has 0 saturated carbocycles. The van der Waals surface area contributed by atoms with Crippen molar-refractivity contribution in [3.8, 4) is 0 Å². The van der Waals surface area contributed by atoms with Crippen molar-refractivity contribution in [3.63, 3.8) is 0 Å². The van der Waals surface area contributed by atoms with E-state index in [1.54, 1.807) is 0 Å². The van der Waals surface area contributed by atoms with Gasteiger partial charge in [-0.1, -0.05) is 0 Å². The quantitative estimate of drug-likeness (QED) is 0.591. The Labute approximate surface area is 74.2 Å². The molecular weight excluding hydrogens is 158 g/mol. The minimum Gasteiger partial charge on any atom is -0.386 e. The highest BCUT2D eigenvalue weighted by atomic mass is 16.6. The number of likely N-dealkylation sites (N-methyl/N-ethyl adjacent to an activating group) is 1. The van der Waals surface area contributed by atoms with Gasteiger partial charge in [0.15, 0.2) is 6.29 Å². The fourth-order valence-electron chi connectivity index (χ4n) is 1.54. The van der Waals surface area contributed by atoms with Gasteiger partial charge in [0.2, 0.25) is 1.43 Å². The molecule has 1 fully saturated rings. The normalized spacial score (nSPS) is 44.6. The molecule has 1 aliphatic rings. The van der Waals surface area contributed by atoms with E-state index in [2.05, 4.69) is 5.11 Å². The van der Waals surface area contributed by atoms with Gasteiger partial charge in [0, 0.05) is 6.04 Å². The van der Waals surface area contributed by atoms with Crippen LogP contribution in [0.15, 0.2) is 0 Å². The van der Waals surface area contributed by atoms with E-state index in [-0.39, 0.29) is 12.1 Å². The molecule has 2 unspecified atom stereocenters. The van der Waals surface area contributed by atoms with Crippen molar-refractivity contribution in [1.82, 2.24) is 4.90 Å². The minimum absolute atomic E-state index is 0.000833. The van der Waals surface area contributed by atoms with Crippen LogP contribution in [0.4, 0.5) is 0 Å². The van der Waals surface area contributed by atoms with Gasteiger partial charge in [-0.05, 0) is 27.4 Å². The van der Waals surface area contributed by atoms with Crippen LogP contribution in [0.2, 0.25) is 0 Å². The molecular formula is C8H17NO3. The molecule has 0 spiro atoms. The van der Waals surface area contributed by atoms with Gasteiger partial charge in [-0.3, -0.25) is 0 Å². The van der Waals surface area contributed by atoms with Crippen molar-refractivity contribution in [2.24, 2.45) is 0 Å². The highest BCUT2D eigenvalue weighted by Crippen LogP contribution is 2.21. The maximum absolute atomic E-state index is 9.71. The van der Waals surface area contributed by atoms with Crippen molar-refractivity contribution in [2.75, 3.05) is 14.1 Å². The van der Waals surface area contributed by atoms with Crippen LogP contribution in [-0.2, 0) is 4.74 Å². The van der Waals surface area contributed by atoms with Gasteiger partial charge in [0.25, 0.3) is 0 Å². The summed E-state index contributed by atoms with van der Waals surface area (Å²) in [6, 6.07) is -0.000833. The van der Waals surface area contributed by atoms with Gasteiger partial charge in [-0.2, -0.15) is 0 Å². The van der Waals surface area contributed by atoms with Crippen LogP contribution in [-0.4, -0.2) is 55.2 Å². The first-order chi connectivity index (χ1) is 6.06. The van der Waals surface area contributed by atoms with Crippen LogP contribution < -0.4 is 0 Å². The van der Waals surface area contributed by atoms with Crippen LogP contribution in [0.3, 0.4) is 0 Å². The maximum Gasteiger partial charge on any atom is 0.213 e. The van der Waals surface area contributed by atoms with Crippen molar-refractivity contribution in [3.05, 3.63) is 0 Å². The lowest BCUT2D eigenvalue weighted by molar-refractivity contribution is -0.230. The molecule has 0 aliphatic carbocycles. The minimum atomic E-state index is -0.823. The van der Waals surface area contributed by atoms with Crippen LogP contribution in [0.1, 0.15) is 13.3 Å². The predicted octanol–water partition coefficient (Wildman–Crippen LogP) is -0.595. The Hall–Kier alpha value is -0.160. The summed E-state index contributed by atoms with van der Waals surface area (Å²) in [4.78, 5) is 1.93. The first kappa shape index (κ1) is 8.44. The third-order valence-corrected chi connectivity index (χ3v) is 2.28. The molecule has 1 saturated heterocycles. The molecule has 4 atom stereocenters. The maximum atomic E-state index is 9.71. The number of ether oxygens (including phenoxy) is 1. The molecule has 4 heteroatoms. The number of rotatable bonds is 2. The number of nitrogens with zero attached hydrogens (tertiary/aromatic N) is 1. The highest BCUT2D eigenvalue weighted by molar-refractivity contribution is 4.84. The lowest BCUT2D eigenvalue weighted by Gasteiger charge is -2.38. The van der Waals surface area contributed by atoms with Crippen LogP contribution >= 0.6 is 0 Å². The van der Waals surface area contributed by atoms with Crippen molar-refractivity contribution in [1.29, 1.82) is 1.43 Å². The first-order valence-electron chi connectivity index (χ1n) is 4.59. The SMILES string of the molecule is [3H]O[C@@H]1OC(C)C[C@H](N(C)C)C1O. The van der Waals surface area contributed by atoms with Gasteiger partial charge < -0.3 is 19.9 Å². The Morgan fingerprint density at radius 3 is 2.75 bits per heavy atom. The summed E-state index contributed by atoms with van der Waals surface area (Å²) in [7, 11) is 3.79. The first-order valence-corrected chi connectivity index (χ1v) is 4.18. The van der Waals surface area contributed by atoms with Crippen LogP contribution in [0, 0.1) is 0 Å². The molecule has 1 heterocycles. The van der Waals surface area contributed by atoms with Gasteiger partial charge in [0.05, 0.1) is 6.10 Å². The molecule has 0 aromatic heterocycles. The van der Waals surface area contributed by atoms with E-state index in [9.17, 15) is 5.11 Å². The zero-order chi connectivity index (χ0) is 10.0. The molecule has 0 aromatic rings. The summed E-state index contributed by atoms with van der Waals surface area (Å²) in [5.74, 6) is 0. The summed E-state index contributed by atoms with van der Waals surface area (Å²) >= 11 is 0. The number of hydrogen-bond acceptors (Lipinski definition) is 4. The Balaban J connectivity index is 2.63. The molecule has 4 nitrogen and oxygen atoms in total. The third-order valence-electron chi connectivity index (χ3n) is 2.28. The Morgan fingerprint density at radius 1 is 1.58 bits per heavy atom. The molecule has 0 bridgehead atoms. The second kappa shape index (κ2) is 3.70. The van der Waals surface area contributed by atoms with Gasteiger partial charge in [0.1, 0.15) is 6.10 Å². The second-order valence-corrected chi connectivity index (χ2v) is 3.57. The van der Waals surface area contributed by atoms with Crippen LogP contribution in [0.5, 0.6) is 0 Å². The molecule has 0 radical (unpaired) electrons. The summed E-state index contributed by atoms with van der Waals surface area (Å²) in [5.41, 5.74) is 0. The Morgan fingerprint density at radius 2 is 2.25 bits per heavy atom. The van der Waals surface area contributed by atoms with Crippen molar-refractivity contribution in [2.45, 2.75) is 37.9 Å². The Bertz CT molecular complexity index is 167. The lowest BCUT2D eigenvalue weighted by Crippen LogP contribution is -2.53. The molecule has 1 rings (SSSR count). The van der Waals surface area contributed by atoms with E-state index in [0.29, 0.717) is 0 Å². The van der Waals surface area contributed by atoms with E-state index in [0.717, 1.165) is 6.42 Å². The van der Waals surface area contributed by atoms with Gasteiger partial charge in [-0.25, -0.2) is 0 Å². The predicted molar refractivity (Wildman–Crippen MR) is 44.7 cm³/mol. The fourth-order valence-corrected chi connectivity index (χ4v) is 1.54. The summed E-state index contributed by atoms with van der Waals surface area (Å²) in [5, 5.41) is 14.0. The van der Waals surface area contributed by atoms with E-state index in [1.807, 2.05) is 25.9 Å². The lowest BCUT2D eigenvalue weighted by atomic mass is 9.99. The number of aliphatic hydroxyl groups is 2. The zero-order valence-corrected chi connectivity index (χ0v) is 7.73. The van der Waals surface area contributed by atoms with E-state index in [4.69, 9.17) is 6.17 Å². The van der Waals surface area contributed by atoms with Gasteiger partial charge >= 0.3 is 0 Å². The highest BCUT2D eigenvalue weighted by Gasteiger charge is 2.35. The largest absolute Gasteiger partial charge is 0.386 e. The van der Waals surface area contributed by atoms with Crippen LogP contribution in [0.25, 0.3) is 0 Å². The molecule has 12 heavy (non-hydrogen) atoms. The summed E-state index contributed by atoms with van der Waals surface area (Å²) in [6.07, 6.45) is -0.792. The smallest absolute Gasteiger partial charge is 0.213 e. The average Bonchev–Trinajstić information content (AvgIpc) is 2.08. The third kappa shape index (κ3) is 1.95. The van der Waals surface area contributed by atoms with E-state index < -0.39 is 12.4 Å². The monoisotopic (exact) mass is 177 g/mol. The number of hydrogen-bond donors (Lipinski definition) is 2. The molecule has 1 aliphatic heterocycles. The van der Waals surface area contributed by atoms with E-state index >= 15 is 0 Å². The summed E-state index contributed by atoms with van der Waals surface area (Å²) < 4.78 is 12.0. The number of aliphatic hydroxyl groups excluding tert-OH is 2. The Kier molecular flexibility index (Phi) is 2.60. The molecule has 0 amide bonds. The van der Waals surface area contributed by atoms with Crippen molar-refractivity contribution < 1.29 is 15.0 Å². The summed E-state index contributed by atoms with van der Waals surface area (Å²) in [6.45, 7) is 1.91. The van der Waals surface area contributed by atoms with Crippen molar-refractivity contribution >= 4 is 0 Å². The average molecular weight is 177 g/mol. The molecule has 72 valence electrons. The topological polar surface area (TPSA) is 52.9 Å². The fraction of sp³-hybridized carbons (Fsp3) is 1.00. The second-order valence-electron chi connectivity index (χ2n) is 3.57. The van der Waals surface area contributed by atoms with E-state index in [1.165, 1.54) is 0 Å². The zero-order valence-electron chi connectivity index (χ0n) is 8.73. The molecule has 2 N–H and O–H groups in total. The standard InChI is InChI=1S/C8H17NO3/c1-5-4-6(9(2)3)7(10)8(11)12-5/h5-8,10-11H,4H2,1-3H3/t5?,6-,7?,8+/m0/s1/i11T. The molecule has 0 aromatic carbocycles. The van der Waals surface area contributed by atoms with Gasteiger partial charge in [-0.15, -0.1) is 0 Å².